The van der Waals surface area contributed by atoms with Gasteiger partial charge in [-0.3, -0.25) is 9.59 Å². The second-order valence-electron chi connectivity index (χ2n) is 5.78. The number of esters is 1. The van der Waals surface area contributed by atoms with E-state index in [-0.39, 0.29) is 11.6 Å². The van der Waals surface area contributed by atoms with Crippen molar-refractivity contribution in [3.05, 3.63) is 53.5 Å². The van der Waals surface area contributed by atoms with Crippen molar-refractivity contribution in [2.24, 2.45) is 0 Å². The van der Waals surface area contributed by atoms with Crippen molar-refractivity contribution >= 4 is 50.7 Å². The van der Waals surface area contributed by atoms with Crippen LogP contribution in [-0.2, 0) is 14.3 Å². The Bertz CT molecular complexity index is 1010. The lowest BCUT2D eigenvalue weighted by Crippen LogP contribution is -2.30. The Morgan fingerprint density at radius 2 is 1.81 bits per heavy atom. The van der Waals surface area contributed by atoms with Gasteiger partial charge in [0.2, 0.25) is 5.91 Å². The predicted octanol–water partition coefficient (Wildman–Crippen LogP) is 3.44. The summed E-state index contributed by atoms with van der Waals surface area (Å²) in [6, 6.07) is 13.2. The molecule has 0 saturated carbocycles. The van der Waals surface area contributed by atoms with Gasteiger partial charge in [0.25, 0.3) is 5.91 Å². The number of anilines is 2. The fourth-order valence-electron chi connectivity index (χ4n) is 2.42. The zero-order valence-corrected chi connectivity index (χ0v) is 15.5. The molecule has 0 aliphatic rings. The van der Waals surface area contributed by atoms with E-state index in [0.717, 1.165) is 22.1 Å². The van der Waals surface area contributed by atoms with E-state index in [4.69, 9.17) is 4.74 Å². The number of hydrogen-bond acceptors (Lipinski definition) is 6. The first-order valence-electron chi connectivity index (χ1n) is 8.17. The molecule has 2 amide bonds. The first kappa shape index (κ1) is 18.5. The highest BCUT2D eigenvalue weighted by Gasteiger charge is 2.21. The van der Waals surface area contributed by atoms with Crippen molar-refractivity contribution in [3.63, 3.8) is 0 Å². The molecule has 0 fully saturated rings. The predicted molar refractivity (Wildman–Crippen MR) is 104 cm³/mol. The van der Waals surface area contributed by atoms with Crippen LogP contribution in [0.5, 0.6) is 0 Å². The summed E-state index contributed by atoms with van der Waals surface area (Å²) < 4.78 is 5.18. The summed E-state index contributed by atoms with van der Waals surface area (Å²) in [6.07, 6.45) is -1.01. The Balaban J connectivity index is 1.65. The van der Waals surface area contributed by atoms with Crippen LogP contribution in [0.25, 0.3) is 10.8 Å². The third-order valence-corrected chi connectivity index (χ3v) is 4.45. The van der Waals surface area contributed by atoms with Gasteiger partial charge >= 0.3 is 5.97 Å². The molecule has 1 atom stereocenters. The van der Waals surface area contributed by atoms with Gasteiger partial charge in [0, 0.05) is 23.4 Å². The summed E-state index contributed by atoms with van der Waals surface area (Å²) in [5.74, 6) is -1.47. The molecule has 0 aliphatic heterocycles. The van der Waals surface area contributed by atoms with Gasteiger partial charge in [-0.25, -0.2) is 9.78 Å². The molecule has 8 heteroatoms. The normalized spacial score (nSPS) is 11.6. The van der Waals surface area contributed by atoms with Crippen molar-refractivity contribution in [1.82, 2.24) is 4.98 Å². The second kappa shape index (κ2) is 7.96. The van der Waals surface area contributed by atoms with Crippen molar-refractivity contribution in [3.8, 4) is 0 Å². The van der Waals surface area contributed by atoms with Crippen LogP contribution in [0.2, 0.25) is 0 Å². The molecule has 0 aliphatic carbocycles. The van der Waals surface area contributed by atoms with E-state index in [9.17, 15) is 14.4 Å². The maximum Gasteiger partial charge on any atom is 0.358 e. The van der Waals surface area contributed by atoms with Crippen LogP contribution in [0.1, 0.15) is 24.3 Å². The number of nitrogens with zero attached hydrogens (tertiary/aromatic N) is 1. The van der Waals surface area contributed by atoms with Gasteiger partial charge in [0.05, 0.1) is 0 Å². The third-order valence-electron chi connectivity index (χ3n) is 3.70. The zero-order chi connectivity index (χ0) is 19.4. The van der Waals surface area contributed by atoms with Crippen LogP contribution in [-0.4, -0.2) is 28.9 Å². The molecule has 0 bridgehead atoms. The number of hydrogen-bond donors (Lipinski definition) is 2. The number of benzene rings is 2. The Morgan fingerprint density at radius 3 is 2.59 bits per heavy atom. The van der Waals surface area contributed by atoms with Crippen molar-refractivity contribution in [2.75, 3.05) is 10.6 Å². The molecule has 3 rings (SSSR count). The molecule has 1 heterocycles. The van der Waals surface area contributed by atoms with E-state index < -0.39 is 18.0 Å². The van der Waals surface area contributed by atoms with Gasteiger partial charge in [0.15, 0.2) is 16.9 Å². The van der Waals surface area contributed by atoms with Gasteiger partial charge < -0.3 is 15.4 Å². The minimum absolute atomic E-state index is 0.0357. The fourth-order valence-corrected chi connectivity index (χ4v) is 3.14. The number of rotatable bonds is 5. The van der Waals surface area contributed by atoms with Gasteiger partial charge in [-0.2, -0.15) is 0 Å². The van der Waals surface area contributed by atoms with Crippen LogP contribution in [0.4, 0.5) is 10.8 Å². The van der Waals surface area contributed by atoms with Crippen LogP contribution >= 0.6 is 11.3 Å². The Hall–Kier alpha value is -3.26. The summed E-state index contributed by atoms with van der Waals surface area (Å²) >= 11 is 1.10. The third kappa shape index (κ3) is 4.48. The summed E-state index contributed by atoms with van der Waals surface area (Å²) in [4.78, 5) is 39.5. The van der Waals surface area contributed by atoms with Gasteiger partial charge in [-0.05, 0) is 18.4 Å². The van der Waals surface area contributed by atoms with Crippen molar-refractivity contribution in [2.45, 2.75) is 20.0 Å². The average Bonchev–Trinajstić information content (AvgIpc) is 3.10. The standard InChI is InChI=1S/C19H17N3O4S/c1-11(26-18(25)16-10-27-19(22-16)20-12(2)23)17(24)21-15-9-5-7-13-6-3-4-8-14(13)15/h3-11H,1-2H3,(H,21,24)(H,20,22,23). The van der Waals surface area contributed by atoms with Gasteiger partial charge in [-0.1, -0.05) is 36.4 Å². The topological polar surface area (TPSA) is 97.4 Å². The first-order chi connectivity index (χ1) is 12.9. The van der Waals surface area contributed by atoms with Crippen LogP contribution in [0, 0.1) is 0 Å². The van der Waals surface area contributed by atoms with E-state index in [1.54, 1.807) is 6.07 Å². The maximum atomic E-state index is 12.4. The van der Waals surface area contributed by atoms with E-state index in [1.807, 2.05) is 36.4 Å². The maximum absolute atomic E-state index is 12.4. The second-order valence-corrected chi connectivity index (χ2v) is 6.64. The van der Waals surface area contributed by atoms with Crippen LogP contribution < -0.4 is 10.6 Å². The molecule has 0 spiro atoms. The van der Waals surface area contributed by atoms with Gasteiger partial charge in [0.1, 0.15) is 0 Å². The summed E-state index contributed by atoms with van der Waals surface area (Å²) in [5, 5.41) is 8.91. The molecule has 7 nitrogen and oxygen atoms in total. The monoisotopic (exact) mass is 383 g/mol. The average molecular weight is 383 g/mol. The Labute approximate surface area is 159 Å². The van der Waals surface area contributed by atoms with E-state index in [2.05, 4.69) is 15.6 Å². The SMILES string of the molecule is CC(=O)Nc1nc(C(=O)OC(C)C(=O)Nc2cccc3ccccc23)cs1. The number of carbonyl (C=O) groups is 3. The molecule has 2 aromatic carbocycles. The van der Waals surface area contributed by atoms with E-state index in [0.29, 0.717) is 10.8 Å². The number of ether oxygens (including phenoxy) is 1. The highest BCUT2D eigenvalue weighted by atomic mass is 32.1. The van der Waals surface area contributed by atoms with Crippen LogP contribution in [0.3, 0.4) is 0 Å². The Kier molecular flexibility index (Phi) is 5.46. The first-order valence-corrected chi connectivity index (χ1v) is 9.04. The molecule has 2 N–H and O–H groups in total. The quantitative estimate of drug-likeness (QED) is 0.658. The Morgan fingerprint density at radius 1 is 1.07 bits per heavy atom. The number of thiazole rings is 1. The lowest BCUT2D eigenvalue weighted by Gasteiger charge is -2.14. The minimum atomic E-state index is -1.01. The summed E-state index contributed by atoms with van der Waals surface area (Å²) in [6.45, 7) is 2.83. The van der Waals surface area contributed by atoms with E-state index >= 15 is 0 Å². The molecular weight excluding hydrogens is 366 g/mol. The molecular formula is C19H17N3O4S. The van der Waals surface area contributed by atoms with Gasteiger partial charge in [-0.15, -0.1) is 11.3 Å². The smallest absolute Gasteiger partial charge is 0.358 e. The molecule has 0 radical (unpaired) electrons. The summed E-state index contributed by atoms with van der Waals surface area (Å²) in [5.41, 5.74) is 0.677. The molecule has 1 unspecified atom stereocenters. The number of aromatic nitrogens is 1. The highest BCUT2D eigenvalue weighted by molar-refractivity contribution is 7.14. The molecule has 138 valence electrons. The number of fused-ring (bicyclic) bond motifs is 1. The molecule has 1 aromatic heterocycles. The van der Waals surface area contributed by atoms with Crippen LogP contribution in [0.15, 0.2) is 47.8 Å². The largest absolute Gasteiger partial charge is 0.448 e. The summed E-state index contributed by atoms with van der Waals surface area (Å²) in [7, 11) is 0. The molecule has 27 heavy (non-hydrogen) atoms. The zero-order valence-electron chi connectivity index (χ0n) is 14.7. The lowest BCUT2D eigenvalue weighted by molar-refractivity contribution is -0.123. The number of carbonyl (C=O) groups excluding carboxylic acids is 3. The highest BCUT2D eigenvalue weighted by Crippen LogP contribution is 2.23. The van der Waals surface area contributed by atoms with Crippen molar-refractivity contribution < 1.29 is 19.1 Å². The minimum Gasteiger partial charge on any atom is -0.448 e. The lowest BCUT2D eigenvalue weighted by atomic mass is 10.1. The molecule has 0 saturated heterocycles. The fraction of sp³-hybridized carbons (Fsp3) is 0.158. The molecule has 3 aromatic rings. The number of amides is 2. The number of nitrogens with one attached hydrogen (secondary N) is 2. The van der Waals surface area contributed by atoms with Crippen molar-refractivity contribution in [1.29, 1.82) is 0 Å². The van der Waals surface area contributed by atoms with E-state index in [1.165, 1.54) is 19.2 Å².